The molecule has 11 aromatic rings. The summed E-state index contributed by atoms with van der Waals surface area (Å²) < 4.78 is 2.48. The van der Waals surface area contributed by atoms with Crippen LogP contribution in [0.4, 0.5) is 51.2 Å². The van der Waals surface area contributed by atoms with E-state index >= 15 is 0 Å². The van der Waals surface area contributed by atoms with Crippen LogP contribution in [0.1, 0.15) is 0 Å². The number of aromatic nitrogens is 1. The van der Waals surface area contributed by atoms with E-state index in [0.717, 1.165) is 67.9 Å². The molecule has 4 heteroatoms. The van der Waals surface area contributed by atoms with E-state index in [0.29, 0.717) is 0 Å². The summed E-state index contributed by atoms with van der Waals surface area (Å²) in [7, 11) is 0. The number of benzene rings is 10. The van der Waals surface area contributed by atoms with Gasteiger partial charge in [-0.25, -0.2) is 0 Å². The fourth-order valence-corrected chi connectivity index (χ4v) is 9.13. The van der Waals surface area contributed by atoms with E-state index in [9.17, 15) is 0 Å². The summed E-state index contributed by atoms with van der Waals surface area (Å²) in [6, 6.07) is 95.4. The highest BCUT2D eigenvalue weighted by Gasteiger charge is 2.25. The van der Waals surface area contributed by atoms with Crippen molar-refractivity contribution in [1.29, 1.82) is 0 Å². The van der Waals surface area contributed by atoms with Crippen LogP contribution in [-0.4, -0.2) is 4.57 Å². The van der Waals surface area contributed by atoms with Crippen molar-refractivity contribution in [2.24, 2.45) is 0 Å². The van der Waals surface area contributed by atoms with Gasteiger partial charge in [-0.3, -0.25) is 0 Å². The summed E-state index contributed by atoms with van der Waals surface area (Å²) in [6.45, 7) is 0. The van der Waals surface area contributed by atoms with E-state index < -0.39 is 0 Å². The van der Waals surface area contributed by atoms with Gasteiger partial charge in [0.1, 0.15) is 0 Å². The van der Waals surface area contributed by atoms with Crippen molar-refractivity contribution in [3.8, 4) is 16.8 Å². The average Bonchev–Trinajstić information content (AvgIpc) is 3.71. The lowest BCUT2D eigenvalue weighted by Gasteiger charge is -2.31. The first-order valence-electron chi connectivity index (χ1n) is 21.8. The van der Waals surface area contributed by atoms with E-state index in [-0.39, 0.29) is 0 Å². The molecule has 0 saturated carbocycles. The highest BCUT2D eigenvalue weighted by Crippen LogP contribution is 2.47. The molecule has 11 rings (SSSR count). The normalized spacial score (nSPS) is 11.1. The zero-order chi connectivity index (χ0) is 42.7. The molecule has 0 aliphatic carbocycles. The highest BCUT2D eigenvalue weighted by molar-refractivity contribution is 6.15. The maximum atomic E-state index is 2.48. The molecule has 64 heavy (non-hydrogen) atoms. The molecule has 304 valence electrons. The summed E-state index contributed by atoms with van der Waals surface area (Å²) in [5, 5.41) is 2.38. The van der Waals surface area contributed by atoms with Gasteiger partial charge in [-0.05, 0) is 109 Å². The van der Waals surface area contributed by atoms with Gasteiger partial charge in [0.25, 0.3) is 0 Å². The number of hydrogen-bond donors (Lipinski definition) is 0. The summed E-state index contributed by atoms with van der Waals surface area (Å²) in [5.41, 5.74) is 15.3. The second kappa shape index (κ2) is 17.0. The van der Waals surface area contributed by atoms with Crippen LogP contribution in [0.15, 0.2) is 267 Å². The molecule has 0 radical (unpaired) electrons. The number of nitrogens with zero attached hydrogens (tertiary/aromatic N) is 4. The molecule has 0 N–H and O–H groups in total. The second-order valence-electron chi connectivity index (χ2n) is 15.8. The largest absolute Gasteiger partial charge is 0.310 e. The topological polar surface area (TPSA) is 14.7 Å². The fraction of sp³-hybridized carbons (Fsp3) is 0. The van der Waals surface area contributed by atoms with Crippen molar-refractivity contribution >= 4 is 73.0 Å². The first-order valence-corrected chi connectivity index (χ1v) is 21.8. The Morgan fingerprint density at radius 3 is 1.16 bits per heavy atom. The summed E-state index contributed by atoms with van der Waals surface area (Å²) >= 11 is 0. The molecule has 0 saturated heterocycles. The smallest absolute Gasteiger partial charge is 0.0782 e. The Balaban J connectivity index is 1.19. The maximum Gasteiger partial charge on any atom is 0.0782 e. The average molecular weight is 821 g/mol. The number of fused-ring (bicyclic) bond motifs is 3. The monoisotopic (exact) mass is 820 g/mol. The van der Waals surface area contributed by atoms with Crippen LogP contribution in [0, 0.1) is 0 Å². The lowest BCUT2D eigenvalue weighted by molar-refractivity contribution is 1.17. The number of rotatable bonds is 11. The molecule has 0 spiro atoms. The van der Waals surface area contributed by atoms with Crippen LogP contribution in [0.3, 0.4) is 0 Å². The third kappa shape index (κ3) is 7.13. The standard InChI is InChI=1S/C60H44N4/c1-6-23-45(24-7-1)54-37-16-18-40-57(54)64-58-41-19-17-38-55(58)56-39-22-42-59(60(56)64)63(52-35-20-33-50(43-52)61(46-25-8-2-9-26-46)47-27-10-3-11-28-47)53-36-21-34-51(44-53)62(48-29-12-4-13-30-48)49-31-14-5-15-32-49/h1-44H. The Kier molecular flexibility index (Phi) is 10.2. The van der Waals surface area contributed by atoms with Gasteiger partial charge in [-0.1, -0.05) is 164 Å². The summed E-state index contributed by atoms with van der Waals surface area (Å²) in [5.74, 6) is 0. The molecular weight excluding hydrogens is 777 g/mol. The van der Waals surface area contributed by atoms with E-state index in [1.165, 1.54) is 21.9 Å². The Labute approximate surface area is 374 Å². The fourth-order valence-electron chi connectivity index (χ4n) is 9.13. The van der Waals surface area contributed by atoms with E-state index in [4.69, 9.17) is 0 Å². The van der Waals surface area contributed by atoms with Crippen LogP contribution in [0.5, 0.6) is 0 Å². The quantitative estimate of drug-likeness (QED) is 0.129. The highest BCUT2D eigenvalue weighted by atomic mass is 15.2. The molecule has 4 nitrogen and oxygen atoms in total. The molecule has 0 fully saturated rings. The Hall–Kier alpha value is -8.60. The van der Waals surface area contributed by atoms with Gasteiger partial charge in [0.2, 0.25) is 0 Å². The van der Waals surface area contributed by atoms with E-state index in [1.54, 1.807) is 0 Å². The van der Waals surface area contributed by atoms with Gasteiger partial charge in [0, 0.05) is 61.8 Å². The molecule has 0 aliphatic rings. The van der Waals surface area contributed by atoms with Gasteiger partial charge in [0.15, 0.2) is 0 Å². The first-order chi connectivity index (χ1) is 31.8. The maximum absolute atomic E-state index is 2.48. The van der Waals surface area contributed by atoms with Crippen molar-refractivity contribution in [2.75, 3.05) is 14.7 Å². The van der Waals surface area contributed by atoms with Crippen LogP contribution in [0.25, 0.3) is 38.6 Å². The number of anilines is 9. The minimum Gasteiger partial charge on any atom is -0.310 e. The van der Waals surface area contributed by atoms with Crippen LogP contribution in [0.2, 0.25) is 0 Å². The minimum absolute atomic E-state index is 1.03. The third-order valence-electron chi connectivity index (χ3n) is 11.9. The van der Waals surface area contributed by atoms with E-state index in [2.05, 4.69) is 286 Å². The molecule has 0 unspecified atom stereocenters. The third-order valence-corrected chi connectivity index (χ3v) is 11.9. The van der Waals surface area contributed by atoms with Crippen molar-refractivity contribution < 1.29 is 0 Å². The Morgan fingerprint density at radius 2 is 0.641 bits per heavy atom. The van der Waals surface area contributed by atoms with Gasteiger partial charge in [0.05, 0.1) is 22.4 Å². The van der Waals surface area contributed by atoms with Crippen molar-refractivity contribution in [1.82, 2.24) is 4.57 Å². The van der Waals surface area contributed by atoms with E-state index in [1.807, 2.05) is 0 Å². The summed E-state index contributed by atoms with van der Waals surface area (Å²) in [4.78, 5) is 7.11. The lowest BCUT2D eigenvalue weighted by Crippen LogP contribution is -2.15. The number of para-hydroxylation sites is 7. The van der Waals surface area contributed by atoms with Gasteiger partial charge in [-0.15, -0.1) is 0 Å². The zero-order valence-corrected chi connectivity index (χ0v) is 35.2. The van der Waals surface area contributed by atoms with Gasteiger partial charge >= 0.3 is 0 Å². The summed E-state index contributed by atoms with van der Waals surface area (Å²) in [6.07, 6.45) is 0. The van der Waals surface area contributed by atoms with Crippen LogP contribution >= 0.6 is 0 Å². The predicted octanol–water partition coefficient (Wildman–Crippen LogP) is 16.9. The molecule has 0 atom stereocenters. The molecule has 0 bridgehead atoms. The second-order valence-corrected chi connectivity index (χ2v) is 15.8. The van der Waals surface area contributed by atoms with Gasteiger partial charge < -0.3 is 19.3 Å². The molecular formula is C60H44N4. The van der Waals surface area contributed by atoms with Crippen LogP contribution < -0.4 is 14.7 Å². The molecule has 1 heterocycles. The predicted molar refractivity (Wildman–Crippen MR) is 270 cm³/mol. The molecule has 0 amide bonds. The Morgan fingerprint density at radius 1 is 0.266 bits per heavy atom. The zero-order valence-electron chi connectivity index (χ0n) is 35.2. The minimum atomic E-state index is 1.03. The van der Waals surface area contributed by atoms with Gasteiger partial charge in [-0.2, -0.15) is 0 Å². The van der Waals surface area contributed by atoms with Crippen LogP contribution in [-0.2, 0) is 0 Å². The van der Waals surface area contributed by atoms with Crippen molar-refractivity contribution in [3.63, 3.8) is 0 Å². The van der Waals surface area contributed by atoms with Crippen molar-refractivity contribution in [3.05, 3.63) is 267 Å². The number of hydrogen-bond acceptors (Lipinski definition) is 3. The Bertz CT molecular complexity index is 3120. The molecule has 0 aliphatic heterocycles. The lowest BCUT2D eigenvalue weighted by atomic mass is 10.0. The van der Waals surface area contributed by atoms with Crippen molar-refractivity contribution in [2.45, 2.75) is 0 Å². The SMILES string of the molecule is c1ccc(-c2ccccc2-n2c3ccccc3c3cccc(N(c4cccc(N(c5ccccc5)c5ccccc5)c4)c4cccc(N(c5ccccc5)c5ccccc5)c4)c32)cc1. The first kappa shape index (κ1) is 38.3. The molecule has 10 aromatic carbocycles. The molecule has 1 aromatic heterocycles.